The molecule has 0 fully saturated rings. The van der Waals surface area contributed by atoms with E-state index in [9.17, 15) is 9.18 Å². The summed E-state index contributed by atoms with van der Waals surface area (Å²) < 4.78 is 20.6. The zero-order chi connectivity index (χ0) is 18.0. The molecule has 0 aliphatic rings. The van der Waals surface area contributed by atoms with Crippen LogP contribution in [0.5, 0.6) is 5.75 Å². The smallest absolute Gasteiger partial charge is 0.259 e. The fourth-order valence-corrected chi connectivity index (χ4v) is 2.76. The van der Waals surface area contributed by atoms with Gasteiger partial charge in [-0.25, -0.2) is 4.39 Å². The molecule has 25 heavy (non-hydrogen) atoms. The first-order valence-corrected chi connectivity index (χ1v) is 7.96. The first-order valence-electron chi connectivity index (χ1n) is 7.58. The Morgan fingerprint density at radius 3 is 2.60 bits per heavy atom. The first kappa shape index (κ1) is 17.0. The quantitative estimate of drug-likeness (QED) is 0.725. The van der Waals surface area contributed by atoms with Crippen molar-refractivity contribution in [2.75, 3.05) is 12.4 Å². The number of halogens is 2. The maximum atomic E-state index is 13.4. The maximum Gasteiger partial charge on any atom is 0.259 e. The summed E-state index contributed by atoms with van der Waals surface area (Å²) in [5, 5.41) is 3.10. The van der Waals surface area contributed by atoms with E-state index in [2.05, 4.69) is 5.32 Å². The van der Waals surface area contributed by atoms with Crippen LogP contribution in [-0.2, 0) is 0 Å². The topological polar surface area (TPSA) is 43.3 Å². The van der Waals surface area contributed by atoms with Gasteiger partial charge in [0.2, 0.25) is 0 Å². The molecule has 0 spiro atoms. The van der Waals surface area contributed by atoms with Crippen LogP contribution >= 0.6 is 11.6 Å². The summed E-state index contributed by atoms with van der Waals surface area (Å²) in [6.07, 6.45) is 3.69. The molecule has 1 aromatic heterocycles. The van der Waals surface area contributed by atoms with E-state index < -0.39 is 11.7 Å². The molecule has 2 aromatic carbocycles. The molecule has 128 valence electrons. The van der Waals surface area contributed by atoms with Crippen molar-refractivity contribution < 1.29 is 13.9 Å². The minimum Gasteiger partial charge on any atom is -0.496 e. The molecule has 0 aliphatic heterocycles. The molecule has 0 bridgehead atoms. The molecular formula is C19H16ClFN2O2. The number of hydrogen-bond donors (Lipinski definition) is 1. The Kier molecular flexibility index (Phi) is 4.76. The van der Waals surface area contributed by atoms with Crippen LogP contribution in [0.15, 0.2) is 54.9 Å². The number of amides is 1. The molecule has 4 nitrogen and oxygen atoms in total. The number of carbonyl (C=O) groups excluding carboxylic acids is 1. The lowest BCUT2D eigenvalue weighted by Gasteiger charge is -2.14. The van der Waals surface area contributed by atoms with E-state index >= 15 is 0 Å². The summed E-state index contributed by atoms with van der Waals surface area (Å²) in [5.74, 6) is -0.472. The second-order valence-corrected chi connectivity index (χ2v) is 5.91. The summed E-state index contributed by atoms with van der Waals surface area (Å²) in [6.45, 7) is 1.79. The molecule has 3 aromatic rings. The number of benzene rings is 2. The van der Waals surface area contributed by atoms with Gasteiger partial charge >= 0.3 is 0 Å². The highest BCUT2D eigenvalue weighted by Crippen LogP contribution is 2.31. The van der Waals surface area contributed by atoms with Gasteiger partial charge in [0.1, 0.15) is 11.6 Å². The van der Waals surface area contributed by atoms with Crippen LogP contribution < -0.4 is 10.1 Å². The van der Waals surface area contributed by atoms with Crippen LogP contribution in [-0.4, -0.2) is 17.6 Å². The summed E-state index contributed by atoms with van der Waals surface area (Å²) in [7, 11) is 1.48. The molecule has 0 saturated carbocycles. The van der Waals surface area contributed by atoms with Crippen LogP contribution in [0.1, 0.15) is 15.9 Å². The molecule has 0 atom stereocenters. The third-order valence-electron chi connectivity index (χ3n) is 3.84. The number of aromatic nitrogens is 1. The Balaban J connectivity index is 1.97. The van der Waals surface area contributed by atoms with Crippen molar-refractivity contribution >= 4 is 23.2 Å². The van der Waals surface area contributed by atoms with Gasteiger partial charge in [0, 0.05) is 24.1 Å². The Morgan fingerprint density at radius 1 is 1.20 bits per heavy atom. The Morgan fingerprint density at radius 2 is 1.92 bits per heavy atom. The van der Waals surface area contributed by atoms with E-state index in [4.69, 9.17) is 16.3 Å². The molecule has 0 aliphatic carbocycles. The van der Waals surface area contributed by atoms with Gasteiger partial charge in [0.15, 0.2) is 0 Å². The second kappa shape index (κ2) is 6.99. The maximum absolute atomic E-state index is 13.4. The lowest BCUT2D eigenvalue weighted by Crippen LogP contribution is -2.14. The number of aryl methyl sites for hydroxylation is 1. The Hall–Kier alpha value is -2.79. The zero-order valence-electron chi connectivity index (χ0n) is 13.7. The average molecular weight is 359 g/mol. The number of nitrogens with zero attached hydrogens (tertiary/aromatic N) is 1. The second-order valence-electron chi connectivity index (χ2n) is 5.51. The van der Waals surface area contributed by atoms with Crippen LogP contribution in [0.4, 0.5) is 10.1 Å². The van der Waals surface area contributed by atoms with Crippen LogP contribution in [0.2, 0.25) is 5.02 Å². The van der Waals surface area contributed by atoms with E-state index in [0.29, 0.717) is 22.1 Å². The van der Waals surface area contributed by atoms with Crippen molar-refractivity contribution in [1.82, 2.24) is 4.57 Å². The molecule has 1 N–H and O–H groups in total. The molecule has 1 heterocycles. The standard InChI is InChI=1S/C19H16ClFN2O2/c1-12-5-6-13(21)9-16(12)22-19(24)14-10-15(20)17(11-18(14)25-2)23-7-3-4-8-23/h3-11H,1-2H3,(H,22,24). The number of carbonyl (C=O) groups is 1. The molecule has 3 rings (SSSR count). The third-order valence-corrected chi connectivity index (χ3v) is 4.15. The molecule has 0 radical (unpaired) electrons. The van der Waals surface area contributed by atoms with Crippen LogP contribution in [0.25, 0.3) is 5.69 Å². The van der Waals surface area contributed by atoms with Crippen LogP contribution in [0, 0.1) is 12.7 Å². The predicted molar refractivity (Wildman–Crippen MR) is 96.4 cm³/mol. The van der Waals surface area contributed by atoms with E-state index in [1.165, 1.54) is 19.2 Å². The molecule has 6 heteroatoms. The van der Waals surface area contributed by atoms with Crippen molar-refractivity contribution in [1.29, 1.82) is 0 Å². The molecule has 1 amide bonds. The highest BCUT2D eigenvalue weighted by molar-refractivity contribution is 6.33. The van der Waals surface area contributed by atoms with Gasteiger partial charge in [-0.1, -0.05) is 17.7 Å². The third kappa shape index (κ3) is 3.51. The van der Waals surface area contributed by atoms with Gasteiger partial charge < -0.3 is 14.6 Å². The monoisotopic (exact) mass is 358 g/mol. The van der Waals surface area contributed by atoms with Gasteiger partial charge in [-0.2, -0.15) is 0 Å². The summed E-state index contributed by atoms with van der Waals surface area (Å²) in [6, 6.07) is 11.2. The molecule has 0 saturated heterocycles. The van der Waals surface area contributed by atoms with E-state index in [1.807, 2.05) is 29.1 Å². The summed E-state index contributed by atoms with van der Waals surface area (Å²) >= 11 is 6.34. The normalized spacial score (nSPS) is 10.6. The summed E-state index contributed by atoms with van der Waals surface area (Å²) in [5.41, 5.74) is 2.12. The minimum absolute atomic E-state index is 0.270. The van der Waals surface area contributed by atoms with Crippen molar-refractivity contribution in [2.45, 2.75) is 6.92 Å². The van der Waals surface area contributed by atoms with E-state index in [1.54, 1.807) is 25.1 Å². The Bertz CT molecular complexity index is 923. The Labute approximate surface area is 149 Å². The summed E-state index contributed by atoms with van der Waals surface area (Å²) in [4.78, 5) is 12.6. The number of rotatable bonds is 4. The van der Waals surface area contributed by atoms with Gasteiger partial charge in [-0.3, -0.25) is 4.79 Å². The van der Waals surface area contributed by atoms with Crippen molar-refractivity contribution in [3.63, 3.8) is 0 Å². The van der Waals surface area contributed by atoms with E-state index in [-0.39, 0.29) is 5.56 Å². The SMILES string of the molecule is COc1cc(-n2cccc2)c(Cl)cc1C(=O)Nc1cc(F)ccc1C. The number of nitrogens with one attached hydrogen (secondary N) is 1. The predicted octanol–water partition coefficient (Wildman–Crippen LogP) is 4.84. The average Bonchev–Trinajstić information content (AvgIpc) is 3.12. The molecule has 0 unspecified atom stereocenters. The number of hydrogen-bond acceptors (Lipinski definition) is 2. The highest BCUT2D eigenvalue weighted by atomic mass is 35.5. The van der Waals surface area contributed by atoms with Gasteiger partial charge in [0.05, 0.1) is 23.4 Å². The van der Waals surface area contributed by atoms with E-state index in [0.717, 1.165) is 5.56 Å². The minimum atomic E-state index is -0.425. The number of anilines is 1. The number of methoxy groups -OCH3 is 1. The van der Waals surface area contributed by atoms with Gasteiger partial charge in [-0.05, 0) is 42.8 Å². The highest BCUT2D eigenvalue weighted by Gasteiger charge is 2.17. The largest absolute Gasteiger partial charge is 0.496 e. The lowest BCUT2D eigenvalue weighted by atomic mass is 10.1. The van der Waals surface area contributed by atoms with Gasteiger partial charge in [-0.15, -0.1) is 0 Å². The van der Waals surface area contributed by atoms with Crippen molar-refractivity contribution in [2.24, 2.45) is 0 Å². The zero-order valence-corrected chi connectivity index (χ0v) is 14.5. The fourth-order valence-electron chi connectivity index (χ4n) is 2.50. The van der Waals surface area contributed by atoms with Crippen LogP contribution in [0.3, 0.4) is 0 Å². The lowest BCUT2D eigenvalue weighted by molar-refractivity contribution is 0.102. The molecular weight excluding hydrogens is 343 g/mol. The fraction of sp³-hybridized carbons (Fsp3) is 0.105. The van der Waals surface area contributed by atoms with Crippen molar-refractivity contribution in [3.05, 3.63) is 76.8 Å². The number of ether oxygens (including phenoxy) is 1. The first-order chi connectivity index (χ1) is 12.0. The van der Waals surface area contributed by atoms with Crippen molar-refractivity contribution in [3.8, 4) is 11.4 Å². The van der Waals surface area contributed by atoms with Gasteiger partial charge in [0.25, 0.3) is 5.91 Å².